The van der Waals surface area contributed by atoms with E-state index in [4.69, 9.17) is 5.73 Å². The molecule has 0 aromatic heterocycles. The van der Waals surface area contributed by atoms with Crippen LogP contribution in [0.5, 0.6) is 0 Å². The lowest BCUT2D eigenvalue weighted by Gasteiger charge is -2.16. The summed E-state index contributed by atoms with van der Waals surface area (Å²) in [6, 6.07) is 5.13. The third-order valence-corrected chi connectivity index (χ3v) is 3.29. The highest BCUT2D eigenvalue weighted by Crippen LogP contribution is 2.34. The highest BCUT2D eigenvalue weighted by molar-refractivity contribution is 5.94. The van der Waals surface area contributed by atoms with E-state index >= 15 is 0 Å². The van der Waals surface area contributed by atoms with Crippen molar-refractivity contribution in [2.24, 2.45) is 5.73 Å². The Hall–Kier alpha value is -1.90. The van der Waals surface area contributed by atoms with Gasteiger partial charge in [-0.15, -0.1) is 0 Å². The van der Waals surface area contributed by atoms with Crippen LogP contribution in [0.15, 0.2) is 35.7 Å². The lowest BCUT2D eigenvalue weighted by molar-refractivity contribution is 0.100. The Morgan fingerprint density at radius 2 is 2.06 bits per heavy atom. The Labute approximate surface area is 106 Å². The normalized spacial score (nSPS) is 15.6. The third-order valence-electron chi connectivity index (χ3n) is 3.29. The molecule has 94 valence electrons. The maximum absolute atomic E-state index is 14.1. The zero-order chi connectivity index (χ0) is 13.3. The van der Waals surface area contributed by atoms with Crippen LogP contribution in [0.3, 0.4) is 0 Å². The van der Waals surface area contributed by atoms with Crippen molar-refractivity contribution >= 4 is 11.5 Å². The number of hydrogen-bond acceptors (Lipinski definition) is 1. The molecule has 0 aliphatic heterocycles. The molecule has 1 amide bonds. The first kappa shape index (κ1) is 12.6. The molecule has 0 heterocycles. The number of carbonyl (C=O) groups is 1. The van der Waals surface area contributed by atoms with E-state index in [-0.39, 0.29) is 5.83 Å². The Bertz CT molecular complexity index is 570. The number of hydrogen-bond donors (Lipinski definition) is 1. The van der Waals surface area contributed by atoms with Crippen LogP contribution in [-0.4, -0.2) is 5.91 Å². The highest BCUT2D eigenvalue weighted by atomic mass is 19.1. The van der Waals surface area contributed by atoms with Crippen LogP contribution >= 0.6 is 0 Å². The van der Waals surface area contributed by atoms with Gasteiger partial charge in [0.2, 0.25) is 5.91 Å². The first-order valence-corrected chi connectivity index (χ1v) is 5.97. The largest absolute Gasteiger partial charge is 0.366 e. The molecule has 0 saturated carbocycles. The Morgan fingerprint density at radius 3 is 2.72 bits per heavy atom. The molecule has 0 fully saturated rings. The molecular weight excluding hydrogens is 229 g/mol. The Kier molecular flexibility index (Phi) is 3.32. The number of primary amides is 1. The molecule has 1 aliphatic carbocycles. The zero-order valence-corrected chi connectivity index (χ0v) is 10.6. The fraction of sp³-hybridized carbons (Fsp3) is 0.267. The van der Waals surface area contributed by atoms with Crippen molar-refractivity contribution < 1.29 is 9.18 Å². The van der Waals surface area contributed by atoms with Gasteiger partial charge >= 0.3 is 0 Å². The van der Waals surface area contributed by atoms with Gasteiger partial charge in [-0.3, -0.25) is 4.79 Å². The van der Waals surface area contributed by atoms with Crippen molar-refractivity contribution in [1.82, 2.24) is 0 Å². The van der Waals surface area contributed by atoms with E-state index < -0.39 is 5.91 Å². The Morgan fingerprint density at radius 1 is 1.33 bits per heavy atom. The second kappa shape index (κ2) is 4.77. The fourth-order valence-corrected chi connectivity index (χ4v) is 2.16. The predicted molar refractivity (Wildman–Crippen MR) is 70.7 cm³/mol. The van der Waals surface area contributed by atoms with Gasteiger partial charge in [0.1, 0.15) is 5.83 Å². The monoisotopic (exact) mass is 245 g/mol. The standard InChI is InChI=1S/C15H16FNO/c1-9-6-7-11(15(17)18)8-13(9)12-5-3-4-10(2)14(12)16/h5-8H,3-4H2,1-2H3,(H2,17,18). The minimum atomic E-state index is -0.492. The molecule has 1 aliphatic rings. The number of nitrogens with two attached hydrogens (primary N) is 1. The molecule has 1 aromatic carbocycles. The average molecular weight is 245 g/mol. The molecule has 0 atom stereocenters. The minimum absolute atomic E-state index is 0.175. The van der Waals surface area contributed by atoms with Crippen molar-refractivity contribution in [2.75, 3.05) is 0 Å². The zero-order valence-electron chi connectivity index (χ0n) is 10.6. The quantitative estimate of drug-likeness (QED) is 0.851. The first-order chi connectivity index (χ1) is 8.50. The number of carbonyl (C=O) groups excluding carboxylic acids is 1. The molecule has 0 radical (unpaired) electrons. The Balaban J connectivity index is 2.54. The van der Waals surface area contributed by atoms with Crippen LogP contribution in [0.25, 0.3) is 5.57 Å². The van der Waals surface area contributed by atoms with Crippen molar-refractivity contribution in [2.45, 2.75) is 26.7 Å². The van der Waals surface area contributed by atoms with E-state index in [0.717, 1.165) is 29.5 Å². The molecular formula is C15H16FNO. The lowest BCUT2D eigenvalue weighted by atomic mass is 9.90. The van der Waals surface area contributed by atoms with Crippen LogP contribution in [0, 0.1) is 6.92 Å². The molecule has 2 nitrogen and oxygen atoms in total. The second-order valence-electron chi connectivity index (χ2n) is 4.64. The molecule has 3 heteroatoms. The van der Waals surface area contributed by atoms with Crippen molar-refractivity contribution in [3.63, 3.8) is 0 Å². The maximum atomic E-state index is 14.1. The van der Waals surface area contributed by atoms with Gasteiger partial charge in [-0.05, 0) is 55.5 Å². The van der Waals surface area contributed by atoms with Crippen molar-refractivity contribution in [3.8, 4) is 0 Å². The molecule has 18 heavy (non-hydrogen) atoms. The summed E-state index contributed by atoms with van der Waals surface area (Å²) in [6.07, 6.45) is 3.47. The van der Waals surface area contributed by atoms with E-state index in [0.29, 0.717) is 11.1 Å². The van der Waals surface area contributed by atoms with Crippen LogP contribution in [0.2, 0.25) is 0 Å². The van der Waals surface area contributed by atoms with Gasteiger partial charge < -0.3 is 5.73 Å². The van der Waals surface area contributed by atoms with E-state index in [1.165, 1.54) is 0 Å². The summed E-state index contributed by atoms with van der Waals surface area (Å²) in [5.74, 6) is -0.667. The van der Waals surface area contributed by atoms with E-state index in [1.54, 1.807) is 25.1 Å². The number of allylic oxidation sites excluding steroid dienone is 4. The number of aryl methyl sites for hydroxylation is 1. The summed E-state index contributed by atoms with van der Waals surface area (Å²) >= 11 is 0. The summed E-state index contributed by atoms with van der Waals surface area (Å²) in [5.41, 5.74) is 8.71. The van der Waals surface area contributed by atoms with E-state index in [9.17, 15) is 9.18 Å². The smallest absolute Gasteiger partial charge is 0.248 e. The summed E-state index contributed by atoms with van der Waals surface area (Å²) in [4.78, 5) is 11.2. The van der Waals surface area contributed by atoms with Gasteiger partial charge in [0, 0.05) is 11.1 Å². The maximum Gasteiger partial charge on any atom is 0.248 e. The SMILES string of the molecule is CC1=C(F)C(c2cc(C(N)=O)ccc2C)=CCC1. The first-order valence-electron chi connectivity index (χ1n) is 5.97. The number of halogens is 1. The van der Waals surface area contributed by atoms with Gasteiger partial charge in [0.15, 0.2) is 0 Å². The van der Waals surface area contributed by atoms with Crippen LogP contribution in [0.1, 0.15) is 41.3 Å². The number of benzene rings is 1. The van der Waals surface area contributed by atoms with Crippen LogP contribution < -0.4 is 5.73 Å². The van der Waals surface area contributed by atoms with Gasteiger partial charge in [0.05, 0.1) is 0 Å². The fourth-order valence-electron chi connectivity index (χ4n) is 2.16. The van der Waals surface area contributed by atoms with Crippen LogP contribution in [-0.2, 0) is 0 Å². The number of amides is 1. The van der Waals surface area contributed by atoms with Gasteiger partial charge in [0.25, 0.3) is 0 Å². The summed E-state index contributed by atoms with van der Waals surface area (Å²) in [5, 5.41) is 0. The molecule has 2 N–H and O–H groups in total. The van der Waals surface area contributed by atoms with Crippen molar-refractivity contribution in [3.05, 3.63) is 52.4 Å². The van der Waals surface area contributed by atoms with Gasteiger partial charge in [-0.2, -0.15) is 0 Å². The predicted octanol–water partition coefficient (Wildman–Crippen LogP) is 3.51. The third kappa shape index (κ3) is 2.21. The second-order valence-corrected chi connectivity index (χ2v) is 4.64. The van der Waals surface area contributed by atoms with E-state index in [1.807, 2.05) is 13.0 Å². The van der Waals surface area contributed by atoms with Crippen molar-refractivity contribution in [1.29, 1.82) is 0 Å². The van der Waals surface area contributed by atoms with E-state index in [2.05, 4.69) is 0 Å². The van der Waals surface area contributed by atoms with Gasteiger partial charge in [-0.25, -0.2) is 4.39 Å². The molecule has 1 aromatic rings. The molecule has 0 saturated heterocycles. The topological polar surface area (TPSA) is 43.1 Å². The molecule has 0 unspecified atom stereocenters. The molecule has 0 spiro atoms. The lowest BCUT2D eigenvalue weighted by Crippen LogP contribution is -2.11. The molecule has 2 rings (SSSR count). The average Bonchev–Trinajstić information content (AvgIpc) is 2.33. The summed E-state index contributed by atoms with van der Waals surface area (Å²) < 4.78 is 14.1. The van der Waals surface area contributed by atoms with Crippen LogP contribution in [0.4, 0.5) is 4.39 Å². The number of rotatable bonds is 2. The minimum Gasteiger partial charge on any atom is -0.366 e. The highest BCUT2D eigenvalue weighted by Gasteiger charge is 2.17. The molecule has 0 bridgehead atoms. The van der Waals surface area contributed by atoms with Gasteiger partial charge in [-0.1, -0.05) is 12.1 Å². The summed E-state index contributed by atoms with van der Waals surface area (Å²) in [6.45, 7) is 3.70. The summed E-state index contributed by atoms with van der Waals surface area (Å²) in [7, 11) is 0.